The highest BCUT2D eigenvalue weighted by atomic mass is 79.9. The van der Waals surface area contributed by atoms with E-state index in [1.807, 2.05) is 0 Å². The van der Waals surface area contributed by atoms with Gasteiger partial charge in [-0.1, -0.05) is 0 Å². The zero-order valence-corrected chi connectivity index (χ0v) is 16.8. The maximum atomic E-state index is 13.8. The van der Waals surface area contributed by atoms with Crippen molar-refractivity contribution in [3.05, 3.63) is 79.7 Å². The third-order valence-corrected chi connectivity index (χ3v) is 4.85. The highest BCUT2D eigenvalue weighted by Gasteiger charge is 2.16. The molecule has 3 aromatic rings. The fraction of sp³-hybridized carbons (Fsp3) is 0.211. The van der Waals surface area contributed by atoms with Crippen LogP contribution in [0.3, 0.4) is 0 Å². The highest BCUT2D eigenvalue weighted by Crippen LogP contribution is 2.25. The third kappa shape index (κ3) is 3.95. The lowest BCUT2D eigenvalue weighted by Gasteiger charge is -2.16. The van der Waals surface area contributed by atoms with Crippen LogP contribution >= 0.6 is 15.9 Å². The van der Waals surface area contributed by atoms with Crippen molar-refractivity contribution in [2.45, 2.75) is 27.0 Å². The van der Waals surface area contributed by atoms with Gasteiger partial charge in [-0.2, -0.15) is 0 Å². The number of nitrogens with two attached hydrogens (primary N) is 1. The van der Waals surface area contributed by atoms with E-state index in [2.05, 4.69) is 25.9 Å². The number of aromatic nitrogens is 3. The van der Waals surface area contributed by atoms with E-state index in [1.54, 1.807) is 26.1 Å². The number of benzene rings is 1. The first-order chi connectivity index (χ1) is 13.3. The summed E-state index contributed by atoms with van der Waals surface area (Å²) in [5, 5.41) is 0. The maximum absolute atomic E-state index is 13.8. The Morgan fingerprint density at radius 2 is 2.00 bits per heavy atom. The summed E-state index contributed by atoms with van der Waals surface area (Å²) in [4.78, 5) is 21.3. The van der Waals surface area contributed by atoms with E-state index in [0.717, 1.165) is 12.1 Å². The van der Waals surface area contributed by atoms with Crippen LogP contribution in [0.4, 0.5) is 8.78 Å². The molecule has 0 fully saturated rings. The molecule has 0 saturated heterocycles. The minimum Gasteiger partial charge on any atom is -0.487 e. The Bertz CT molecular complexity index is 1100. The van der Waals surface area contributed by atoms with Crippen molar-refractivity contribution in [2.24, 2.45) is 5.73 Å². The van der Waals surface area contributed by atoms with E-state index >= 15 is 0 Å². The molecule has 0 atom stereocenters. The molecule has 0 amide bonds. The molecule has 6 nitrogen and oxygen atoms in total. The van der Waals surface area contributed by atoms with Gasteiger partial charge in [-0.25, -0.2) is 18.7 Å². The van der Waals surface area contributed by atoms with Gasteiger partial charge in [0.25, 0.3) is 5.56 Å². The Morgan fingerprint density at radius 1 is 1.25 bits per heavy atom. The summed E-state index contributed by atoms with van der Waals surface area (Å²) in [7, 11) is 0. The number of aryl methyl sites for hydroxylation is 2. The van der Waals surface area contributed by atoms with E-state index in [-0.39, 0.29) is 34.5 Å². The standard InChI is InChI=1S/C19H17BrF2N4O2/c1-10-5-16(28-9-12-3-4-13(21)6-14(12)22)18(20)19(27)26(10)15-8-24-17(7-23)25-11(15)2/h3-6,8H,7,9,23H2,1-2H3. The van der Waals surface area contributed by atoms with Gasteiger partial charge >= 0.3 is 0 Å². The van der Waals surface area contributed by atoms with Gasteiger partial charge in [-0.3, -0.25) is 9.36 Å². The van der Waals surface area contributed by atoms with Crippen molar-refractivity contribution < 1.29 is 13.5 Å². The topological polar surface area (TPSA) is 83.0 Å². The van der Waals surface area contributed by atoms with E-state index in [9.17, 15) is 13.6 Å². The summed E-state index contributed by atoms with van der Waals surface area (Å²) >= 11 is 3.25. The summed E-state index contributed by atoms with van der Waals surface area (Å²) < 4.78 is 34.0. The first-order valence-electron chi connectivity index (χ1n) is 8.33. The van der Waals surface area contributed by atoms with Gasteiger partial charge in [-0.15, -0.1) is 0 Å². The van der Waals surface area contributed by atoms with E-state index < -0.39 is 11.6 Å². The summed E-state index contributed by atoms with van der Waals surface area (Å²) in [5.74, 6) is -0.653. The van der Waals surface area contributed by atoms with Crippen LogP contribution < -0.4 is 16.0 Å². The van der Waals surface area contributed by atoms with Gasteiger partial charge in [0, 0.05) is 23.4 Å². The monoisotopic (exact) mass is 450 g/mol. The van der Waals surface area contributed by atoms with Crippen molar-refractivity contribution in [1.82, 2.24) is 14.5 Å². The predicted octanol–water partition coefficient (Wildman–Crippen LogP) is 3.32. The Kier molecular flexibility index (Phi) is 5.85. The lowest BCUT2D eigenvalue weighted by molar-refractivity contribution is 0.296. The third-order valence-electron chi connectivity index (χ3n) is 4.12. The molecule has 2 aromatic heterocycles. The van der Waals surface area contributed by atoms with Crippen LogP contribution in [0.25, 0.3) is 5.69 Å². The summed E-state index contributed by atoms with van der Waals surface area (Å²) in [6.07, 6.45) is 1.54. The first-order valence-corrected chi connectivity index (χ1v) is 9.13. The first kappa shape index (κ1) is 20.1. The Balaban J connectivity index is 1.95. The van der Waals surface area contributed by atoms with Crippen molar-refractivity contribution in [3.63, 3.8) is 0 Å². The van der Waals surface area contributed by atoms with Gasteiger partial charge < -0.3 is 10.5 Å². The van der Waals surface area contributed by atoms with Crippen LogP contribution in [0.5, 0.6) is 5.75 Å². The molecule has 28 heavy (non-hydrogen) atoms. The molecule has 0 aliphatic heterocycles. The maximum Gasteiger partial charge on any atom is 0.273 e. The summed E-state index contributed by atoms with van der Waals surface area (Å²) in [6, 6.07) is 4.87. The second-order valence-electron chi connectivity index (χ2n) is 6.09. The largest absolute Gasteiger partial charge is 0.487 e. The predicted molar refractivity (Wildman–Crippen MR) is 103 cm³/mol. The number of hydrogen-bond acceptors (Lipinski definition) is 5. The van der Waals surface area contributed by atoms with Crippen molar-refractivity contribution >= 4 is 15.9 Å². The molecule has 0 unspecified atom stereocenters. The number of rotatable bonds is 5. The Labute approximate surface area is 168 Å². The fourth-order valence-electron chi connectivity index (χ4n) is 2.71. The van der Waals surface area contributed by atoms with E-state index in [1.165, 1.54) is 10.6 Å². The average Bonchev–Trinajstić information content (AvgIpc) is 2.66. The molecule has 3 rings (SSSR count). The van der Waals surface area contributed by atoms with Gasteiger partial charge in [-0.05, 0) is 41.9 Å². The second-order valence-corrected chi connectivity index (χ2v) is 6.88. The SMILES string of the molecule is Cc1nc(CN)ncc1-n1c(C)cc(OCc2ccc(F)cc2F)c(Br)c1=O. The molecule has 0 spiro atoms. The smallest absolute Gasteiger partial charge is 0.273 e. The quantitative estimate of drug-likeness (QED) is 0.644. The minimum absolute atomic E-state index is 0.152. The number of halogens is 3. The molecule has 0 radical (unpaired) electrons. The van der Waals surface area contributed by atoms with Crippen molar-refractivity contribution in [1.29, 1.82) is 0 Å². The van der Waals surface area contributed by atoms with Crippen LogP contribution in [0.1, 0.15) is 22.8 Å². The van der Waals surface area contributed by atoms with Crippen molar-refractivity contribution in [2.75, 3.05) is 0 Å². The molecule has 9 heteroatoms. The molecular weight excluding hydrogens is 434 g/mol. The number of pyridine rings is 1. The molecule has 0 saturated carbocycles. The lowest BCUT2D eigenvalue weighted by Crippen LogP contribution is -2.23. The van der Waals surface area contributed by atoms with Gasteiger partial charge in [0.2, 0.25) is 0 Å². The van der Waals surface area contributed by atoms with Gasteiger partial charge in [0.15, 0.2) is 0 Å². The molecule has 146 valence electrons. The number of ether oxygens (including phenoxy) is 1. The van der Waals surface area contributed by atoms with Gasteiger partial charge in [0.1, 0.15) is 34.3 Å². The summed E-state index contributed by atoms with van der Waals surface area (Å²) in [5.41, 5.74) is 7.06. The molecule has 2 heterocycles. The summed E-state index contributed by atoms with van der Waals surface area (Å²) in [6.45, 7) is 3.54. The Hall–Kier alpha value is -2.65. The zero-order chi connectivity index (χ0) is 20.4. The van der Waals surface area contributed by atoms with E-state index in [0.29, 0.717) is 22.9 Å². The second kappa shape index (κ2) is 8.15. The fourth-order valence-corrected chi connectivity index (χ4v) is 3.11. The van der Waals surface area contributed by atoms with Crippen LogP contribution in [-0.4, -0.2) is 14.5 Å². The lowest BCUT2D eigenvalue weighted by atomic mass is 10.2. The molecule has 0 bridgehead atoms. The van der Waals surface area contributed by atoms with Crippen LogP contribution in [-0.2, 0) is 13.2 Å². The van der Waals surface area contributed by atoms with Crippen LogP contribution in [0.15, 0.2) is 39.7 Å². The Morgan fingerprint density at radius 3 is 2.64 bits per heavy atom. The number of nitrogens with zero attached hydrogens (tertiary/aromatic N) is 3. The molecular formula is C19H17BrF2N4O2. The average molecular weight is 451 g/mol. The minimum atomic E-state index is -0.714. The number of hydrogen-bond donors (Lipinski definition) is 1. The van der Waals surface area contributed by atoms with Crippen LogP contribution in [0, 0.1) is 25.5 Å². The molecule has 0 aliphatic rings. The normalized spacial score (nSPS) is 10.9. The zero-order valence-electron chi connectivity index (χ0n) is 15.2. The highest BCUT2D eigenvalue weighted by molar-refractivity contribution is 9.10. The van der Waals surface area contributed by atoms with Crippen molar-refractivity contribution in [3.8, 4) is 11.4 Å². The molecule has 1 aromatic carbocycles. The van der Waals surface area contributed by atoms with Crippen LogP contribution in [0.2, 0.25) is 0 Å². The molecule has 2 N–H and O–H groups in total. The van der Waals surface area contributed by atoms with E-state index in [4.69, 9.17) is 10.5 Å². The molecule has 0 aliphatic carbocycles. The van der Waals surface area contributed by atoms with Gasteiger partial charge in [0.05, 0.1) is 24.1 Å².